The number of halogens is 1. The van der Waals surface area contributed by atoms with Crippen molar-refractivity contribution in [2.24, 2.45) is 0 Å². The lowest BCUT2D eigenvalue weighted by Gasteiger charge is -2.21. The summed E-state index contributed by atoms with van der Waals surface area (Å²) >= 11 is 7.81. The van der Waals surface area contributed by atoms with Crippen LogP contribution >= 0.6 is 22.9 Å². The Balaban J connectivity index is 1.30. The van der Waals surface area contributed by atoms with Crippen LogP contribution < -0.4 is 9.64 Å². The Kier molecular flexibility index (Phi) is 6.95. The number of aromatic nitrogens is 1. The fourth-order valence-corrected chi connectivity index (χ4v) is 5.08. The summed E-state index contributed by atoms with van der Waals surface area (Å²) in [6.07, 6.45) is 1.09. The van der Waals surface area contributed by atoms with Gasteiger partial charge in [-0.3, -0.25) is 9.69 Å². The molecule has 0 saturated carbocycles. The van der Waals surface area contributed by atoms with E-state index in [0.29, 0.717) is 6.61 Å². The van der Waals surface area contributed by atoms with Gasteiger partial charge in [-0.1, -0.05) is 29.0 Å². The topological polar surface area (TPSA) is 65.9 Å². The Morgan fingerprint density at radius 2 is 2.06 bits per heavy atom. The number of carbonyl (C=O) groups is 1. The van der Waals surface area contributed by atoms with Gasteiger partial charge in [0.15, 0.2) is 5.13 Å². The van der Waals surface area contributed by atoms with Crippen LogP contribution in [0.1, 0.15) is 17.5 Å². The van der Waals surface area contributed by atoms with Crippen molar-refractivity contribution in [1.82, 2.24) is 9.88 Å². The highest BCUT2D eigenvalue weighted by molar-refractivity contribution is 7.22. The smallest absolute Gasteiger partial charge is 0.307 e. The van der Waals surface area contributed by atoms with E-state index in [1.807, 2.05) is 43.3 Å². The number of fused-ring (bicyclic) bond motifs is 1. The number of aryl methyl sites for hydroxylation is 1. The van der Waals surface area contributed by atoms with Gasteiger partial charge in [-0.2, -0.15) is 0 Å². The minimum Gasteiger partial charge on any atom is -0.492 e. The van der Waals surface area contributed by atoms with Gasteiger partial charge in [0, 0.05) is 37.7 Å². The van der Waals surface area contributed by atoms with Crippen LogP contribution in [0.5, 0.6) is 5.75 Å². The van der Waals surface area contributed by atoms with Crippen LogP contribution in [0.15, 0.2) is 36.4 Å². The van der Waals surface area contributed by atoms with E-state index in [0.717, 1.165) is 76.4 Å². The number of ether oxygens (including phenoxy) is 1. The summed E-state index contributed by atoms with van der Waals surface area (Å²) in [5.41, 5.74) is 2.77. The highest BCUT2D eigenvalue weighted by atomic mass is 35.5. The number of thiazole rings is 1. The molecule has 6 nitrogen and oxygen atoms in total. The molecule has 0 bridgehead atoms. The van der Waals surface area contributed by atoms with E-state index in [1.165, 1.54) is 0 Å². The number of anilines is 1. The Bertz CT molecular complexity index is 1070. The van der Waals surface area contributed by atoms with E-state index in [4.69, 9.17) is 26.4 Å². The van der Waals surface area contributed by atoms with Gasteiger partial charge in [-0.05, 0) is 54.8 Å². The number of nitrogens with zero attached hydrogens (tertiary/aromatic N) is 3. The molecule has 164 valence electrons. The molecular weight excluding hydrogens is 434 g/mol. The van der Waals surface area contributed by atoms with Crippen molar-refractivity contribution in [2.45, 2.75) is 19.8 Å². The van der Waals surface area contributed by atoms with Gasteiger partial charge in [0.25, 0.3) is 0 Å². The molecule has 0 spiro atoms. The highest BCUT2D eigenvalue weighted by Gasteiger charge is 2.18. The predicted octanol–water partition coefficient (Wildman–Crippen LogP) is 4.48. The number of hydrogen-bond acceptors (Lipinski definition) is 6. The number of carboxylic acids is 1. The Morgan fingerprint density at radius 3 is 2.90 bits per heavy atom. The number of rotatable bonds is 7. The van der Waals surface area contributed by atoms with E-state index in [2.05, 4.69) is 9.80 Å². The van der Waals surface area contributed by atoms with Crippen LogP contribution in [-0.2, 0) is 11.2 Å². The third-order valence-corrected chi connectivity index (χ3v) is 6.85. The van der Waals surface area contributed by atoms with Crippen LogP contribution in [-0.4, -0.2) is 60.3 Å². The second-order valence-electron chi connectivity index (χ2n) is 7.80. The van der Waals surface area contributed by atoms with Gasteiger partial charge < -0.3 is 14.7 Å². The minimum atomic E-state index is -0.828. The van der Waals surface area contributed by atoms with Gasteiger partial charge in [0.1, 0.15) is 12.4 Å². The summed E-state index contributed by atoms with van der Waals surface area (Å²) in [6.45, 7) is 7.24. The van der Waals surface area contributed by atoms with E-state index in [-0.39, 0.29) is 6.42 Å². The first-order chi connectivity index (χ1) is 15.0. The van der Waals surface area contributed by atoms with Crippen molar-refractivity contribution >= 4 is 44.3 Å². The van der Waals surface area contributed by atoms with E-state index >= 15 is 0 Å². The van der Waals surface area contributed by atoms with Crippen LogP contribution in [0.4, 0.5) is 5.13 Å². The van der Waals surface area contributed by atoms with Crippen molar-refractivity contribution in [3.8, 4) is 5.75 Å². The van der Waals surface area contributed by atoms with Gasteiger partial charge in [0.05, 0.1) is 16.6 Å². The minimum absolute atomic E-state index is 0.0168. The summed E-state index contributed by atoms with van der Waals surface area (Å²) in [5.74, 6) is -0.1000. The maximum absolute atomic E-state index is 11.0. The van der Waals surface area contributed by atoms with Crippen molar-refractivity contribution in [2.75, 3.05) is 44.2 Å². The van der Waals surface area contributed by atoms with Crippen LogP contribution in [0, 0.1) is 6.92 Å². The molecule has 4 rings (SSSR count). The molecule has 1 aromatic heterocycles. The number of benzene rings is 2. The molecule has 1 N–H and O–H groups in total. The second-order valence-corrected chi connectivity index (χ2v) is 9.24. The molecular formula is C23H26ClN3O3S. The molecule has 3 aromatic rings. The maximum atomic E-state index is 11.0. The number of carboxylic acid groups (broad SMARTS) is 1. The molecule has 2 heterocycles. The Labute approximate surface area is 191 Å². The molecule has 1 aliphatic rings. The molecule has 1 fully saturated rings. The van der Waals surface area contributed by atoms with Crippen molar-refractivity contribution in [3.63, 3.8) is 0 Å². The molecule has 2 aromatic carbocycles. The second kappa shape index (κ2) is 9.85. The van der Waals surface area contributed by atoms with Crippen molar-refractivity contribution in [3.05, 3.63) is 52.5 Å². The van der Waals surface area contributed by atoms with Crippen LogP contribution in [0.3, 0.4) is 0 Å². The van der Waals surface area contributed by atoms with Crippen molar-refractivity contribution < 1.29 is 14.6 Å². The summed E-state index contributed by atoms with van der Waals surface area (Å²) in [7, 11) is 0. The maximum Gasteiger partial charge on any atom is 0.307 e. The standard InChI is InChI=1S/C23H26ClN3O3S/c1-16-3-5-19(13-17(16)14-22(28)29)30-12-11-26-7-2-8-27(10-9-26)23-25-20-6-4-18(24)15-21(20)31-23/h3-6,13,15H,2,7-12,14H2,1H3,(H,28,29). The zero-order valence-electron chi connectivity index (χ0n) is 17.5. The van der Waals surface area contributed by atoms with Crippen LogP contribution in [0.2, 0.25) is 5.02 Å². The third kappa shape index (κ3) is 5.67. The molecule has 1 saturated heterocycles. The van der Waals surface area contributed by atoms with Gasteiger partial charge in [-0.15, -0.1) is 0 Å². The van der Waals surface area contributed by atoms with Gasteiger partial charge in [0.2, 0.25) is 0 Å². The first-order valence-electron chi connectivity index (χ1n) is 10.5. The Hall–Kier alpha value is -2.35. The van der Waals surface area contributed by atoms with Crippen LogP contribution in [0.25, 0.3) is 10.2 Å². The zero-order valence-corrected chi connectivity index (χ0v) is 19.1. The molecule has 0 atom stereocenters. The molecule has 31 heavy (non-hydrogen) atoms. The average molecular weight is 460 g/mol. The largest absolute Gasteiger partial charge is 0.492 e. The molecule has 0 amide bonds. The quantitative estimate of drug-likeness (QED) is 0.562. The van der Waals surface area contributed by atoms with Gasteiger partial charge >= 0.3 is 5.97 Å². The monoisotopic (exact) mass is 459 g/mol. The first kappa shape index (κ1) is 21.9. The molecule has 8 heteroatoms. The lowest BCUT2D eigenvalue weighted by atomic mass is 10.1. The molecule has 0 radical (unpaired) electrons. The molecule has 0 unspecified atom stereocenters. The fraction of sp³-hybridized carbons (Fsp3) is 0.391. The summed E-state index contributed by atoms with van der Waals surface area (Å²) in [4.78, 5) is 20.6. The highest BCUT2D eigenvalue weighted by Crippen LogP contribution is 2.31. The van der Waals surface area contributed by atoms with E-state index < -0.39 is 5.97 Å². The summed E-state index contributed by atoms with van der Waals surface area (Å²) in [5, 5.41) is 10.9. The Morgan fingerprint density at radius 1 is 1.19 bits per heavy atom. The number of aliphatic carboxylic acids is 1. The fourth-order valence-electron chi connectivity index (χ4n) is 3.79. The summed E-state index contributed by atoms with van der Waals surface area (Å²) < 4.78 is 7.04. The lowest BCUT2D eigenvalue weighted by molar-refractivity contribution is -0.136. The SMILES string of the molecule is Cc1ccc(OCCN2CCCN(c3nc4ccc(Cl)cc4s3)CC2)cc1CC(=O)O. The average Bonchev–Trinajstić information content (AvgIpc) is 3.00. The van der Waals surface area contributed by atoms with Gasteiger partial charge in [-0.25, -0.2) is 4.98 Å². The number of hydrogen-bond donors (Lipinski definition) is 1. The lowest BCUT2D eigenvalue weighted by Crippen LogP contribution is -2.33. The van der Waals surface area contributed by atoms with E-state index in [1.54, 1.807) is 11.3 Å². The molecule has 1 aliphatic heterocycles. The van der Waals surface area contributed by atoms with Crippen molar-refractivity contribution in [1.29, 1.82) is 0 Å². The summed E-state index contributed by atoms with van der Waals surface area (Å²) in [6, 6.07) is 11.5. The normalized spacial score (nSPS) is 15.2. The zero-order chi connectivity index (χ0) is 21.8. The predicted molar refractivity (Wildman–Crippen MR) is 126 cm³/mol. The third-order valence-electron chi connectivity index (χ3n) is 5.54. The van der Waals surface area contributed by atoms with E-state index in [9.17, 15) is 4.79 Å². The first-order valence-corrected chi connectivity index (χ1v) is 11.6. The molecule has 0 aliphatic carbocycles.